The lowest BCUT2D eigenvalue weighted by atomic mass is 9.90. The predicted molar refractivity (Wildman–Crippen MR) is 67.8 cm³/mol. The second kappa shape index (κ2) is 4.88. The number of hydrogen-bond donors (Lipinski definition) is 1. The van der Waals surface area contributed by atoms with Crippen LogP contribution in [-0.2, 0) is 0 Å². The van der Waals surface area contributed by atoms with E-state index in [4.69, 9.17) is 4.74 Å². The molecule has 1 aromatic rings. The number of Topliss-reactive ketones (excluding diaryl/α,β-unsaturated/α-hetero) is 1. The van der Waals surface area contributed by atoms with Gasteiger partial charge in [-0.05, 0) is 23.6 Å². The zero-order valence-electron chi connectivity index (χ0n) is 10.6. The van der Waals surface area contributed by atoms with Crippen LogP contribution in [0.5, 0.6) is 5.75 Å². The van der Waals surface area contributed by atoms with Gasteiger partial charge in [-0.3, -0.25) is 4.79 Å². The minimum absolute atomic E-state index is 0.117. The Morgan fingerprint density at radius 1 is 1.41 bits per heavy atom. The second-order valence-corrected chi connectivity index (χ2v) is 4.83. The maximum atomic E-state index is 12.3. The number of rotatable bonds is 4. The number of ether oxygens (including phenoxy) is 1. The normalized spacial score (nSPS) is 15.8. The quantitative estimate of drug-likeness (QED) is 0.810. The van der Waals surface area contributed by atoms with Gasteiger partial charge in [0.1, 0.15) is 5.75 Å². The van der Waals surface area contributed by atoms with E-state index < -0.39 is 0 Å². The molecule has 1 aliphatic rings. The van der Waals surface area contributed by atoms with Gasteiger partial charge in [0, 0.05) is 19.0 Å². The molecule has 0 unspecified atom stereocenters. The summed E-state index contributed by atoms with van der Waals surface area (Å²) in [6.07, 6.45) is 0. The van der Waals surface area contributed by atoms with Gasteiger partial charge in [-0.2, -0.15) is 0 Å². The molecule has 0 spiro atoms. The van der Waals surface area contributed by atoms with Crippen LogP contribution < -0.4 is 10.1 Å². The standard InChI is InChI=1S/C14H19NO2/c1-9(2)10-4-5-13(17-3)12(6-10)14(16)11-7-15-8-11/h4-6,9,11,15H,7-8H2,1-3H3. The van der Waals surface area contributed by atoms with Gasteiger partial charge in [0.2, 0.25) is 0 Å². The fourth-order valence-electron chi connectivity index (χ4n) is 1.97. The Bertz CT molecular complexity index is 422. The van der Waals surface area contributed by atoms with E-state index >= 15 is 0 Å². The number of benzene rings is 1. The molecule has 1 aromatic carbocycles. The van der Waals surface area contributed by atoms with Crippen LogP contribution in [0.4, 0.5) is 0 Å². The van der Waals surface area contributed by atoms with E-state index in [0.717, 1.165) is 18.7 Å². The van der Waals surface area contributed by atoms with E-state index in [0.29, 0.717) is 11.7 Å². The average Bonchev–Trinajstić information content (AvgIpc) is 2.25. The number of ketones is 1. The predicted octanol–water partition coefficient (Wildman–Crippen LogP) is 2.22. The summed E-state index contributed by atoms with van der Waals surface area (Å²) in [4.78, 5) is 12.3. The summed E-state index contributed by atoms with van der Waals surface area (Å²) in [5, 5.41) is 3.13. The minimum Gasteiger partial charge on any atom is -0.496 e. The zero-order chi connectivity index (χ0) is 12.4. The number of hydrogen-bond acceptors (Lipinski definition) is 3. The van der Waals surface area contributed by atoms with Gasteiger partial charge in [-0.25, -0.2) is 0 Å². The van der Waals surface area contributed by atoms with Crippen LogP contribution in [0.15, 0.2) is 18.2 Å². The molecule has 0 saturated carbocycles. The van der Waals surface area contributed by atoms with Crippen LogP contribution >= 0.6 is 0 Å². The maximum absolute atomic E-state index is 12.3. The van der Waals surface area contributed by atoms with Crippen molar-refractivity contribution in [3.8, 4) is 5.75 Å². The Labute approximate surface area is 102 Å². The van der Waals surface area contributed by atoms with E-state index in [2.05, 4.69) is 19.2 Å². The Hall–Kier alpha value is -1.35. The molecule has 2 rings (SSSR count). The van der Waals surface area contributed by atoms with Crippen molar-refractivity contribution in [1.82, 2.24) is 5.32 Å². The van der Waals surface area contributed by atoms with Crippen LogP contribution in [-0.4, -0.2) is 26.0 Å². The number of methoxy groups -OCH3 is 1. The molecule has 1 N–H and O–H groups in total. The molecular weight excluding hydrogens is 214 g/mol. The molecule has 1 saturated heterocycles. The highest BCUT2D eigenvalue weighted by Gasteiger charge is 2.28. The molecule has 3 heteroatoms. The molecule has 17 heavy (non-hydrogen) atoms. The van der Waals surface area contributed by atoms with Gasteiger partial charge in [0.25, 0.3) is 0 Å². The monoisotopic (exact) mass is 233 g/mol. The van der Waals surface area contributed by atoms with Crippen molar-refractivity contribution in [2.24, 2.45) is 5.92 Å². The number of nitrogens with one attached hydrogen (secondary N) is 1. The summed E-state index contributed by atoms with van der Waals surface area (Å²) in [6.45, 7) is 5.82. The SMILES string of the molecule is COc1ccc(C(C)C)cc1C(=O)C1CNC1. The van der Waals surface area contributed by atoms with Crippen molar-refractivity contribution in [2.75, 3.05) is 20.2 Å². The summed E-state index contributed by atoms with van der Waals surface area (Å²) >= 11 is 0. The van der Waals surface area contributed by atoms with Gasteiger partial charge in [0.05, 0.1) is 12.7 Å². The Balaban J connectivity index is 2.34. The molecule has 0 aliphatic carbocycles. The van der Waals surface area contributed by atoms with Crippen molar-refractivity contribution in [2.45, 2.75) is 19.8 Å². The topological polar surface area (TPSA) is 38.3 Å². The third-order valence-electron chi connectivity index (χ3n) is 3.31. The Kier molecular flexibility index (Phi) is 3.48. The summed E-state index contributed by atoms with van der Waals surface area (Å²) in [5.74, 6) is 1.42. The molecule has 1 heterocycles. The average molecular weight is 233 g/mol. The van der Waals surface area contributed by atoms with Crippen LogP contribution in [0, 0.1) is 5.92 Å². The molecular formula is C14H19NO2. The summed E-state index contributed by atoms with van der Waals surface area (Å²) in [5.41, 5.74) is 1.91. The maximum Gasteiger partial charge on any atom is 0.172 e. The van der Waals surface area contributed by atoms with Crippen molar-refractivity contribution >= 4 is 5.78 Å². The third-order valence-corrected chi connectivity index (χ3v) is 3.31. The number of carbonyl (C=O) groups excluding carboxylic acids is 1. The van der Waals surface area contributed by atoms with Gasteiger partial charge < -0.3 is 10.1 Å². The van der Waals surface area contributed by atoms with E-state index in [9.17, 15) is 4.79 Å². The smallest absolute Gasteiger partial charge is 0.172 e. The molecule has 0 bridgehead atoms. The van der Waals surface area contributed by atoms with E-state index in [1.165, 1.54) is 5.56 Å². The Morgan fingerprint density at radius 2 is 2.12 bits per heavy atom. The van der Waals surface area contributed by atoms with Gasteiger partial charge in [-0.15, -0.1) is 0 Å². The lowest BCUT2D eigenvalue weighted by Gasteiger charge is -2.26. The van der Waals surface area contributed by atoms with Gasteiger partial charge in [0.15, 0.2) is 5.78 Å². The first-order chi connectivity index (χ1) is 8.13. The molecule has 92 valence electrons. The molecule has 3 nitrogen and oxygen atoms in total. The molecule has 0 amide bonds. The molecule has 0 atom stereocenters. The third kappa shape index (κ3) is 2.34. The summed E-state index contributed by atoms with van der Waals surface area (Å²) in [6, 6.07) is 5.90. The summed E-state index contributed by atoms with van der Waals surface area (Å²) in [7, 11) is 1.61. The highest BCUT2D eigenvalue weighted by Crippen LogP contribution is 2.27. The fourth-order valence-corrected chi connectivity index (χ4v) is 1.97. The first kappa shape index (κ1) is 12.1. The van der Waals surface area contributed by atoms with Crippen LogP contribution in [0.25, 0.3) is 0 Å². The zero-order valence-corrected chi connectivity index (χ0v) is 10.6. The Morgan fingerprint density at radius 3 is 2.59 bits per heavy atom. The second-order valence-electron chi connectivity index (χ2n) is 4.83. The van der Waals surface area contributed by atoms with Crippen molar-refractivity contribution < 1.29 is 9.53 Å². The lowest BCUT2D eigenvalue weighted by molar-refractivity contribution is 0.0875. The van der Waals surface area contributed by atoms with Crippen molar-refractivity contribution in [3.05, 3.63) is 29.3 Å². The molecule has 1 fully saturated rings. The highest BCUT2D eigenvalue weighted by atomic mass is 16.5. The first-order valence-corrected chi connectivity index (χ1v) is 6.06. The number of carbonyl (C=O) groups is 1. The minimum atomic E-state index is 0.117. The largest absolute Gasteiger partial charge is 0.496 e. The molecule has 0 radical (unpaired) electrons. The van der Waals surface area contributed by atoms with Crippen LogP contribution in [0.1, 0.15) is 35.7 Å². The van der Waals surface area contributed by atoms with Crippen molar-refractivity contribution in [3.63, 3.8) is 0 Å². The van der Waals surface area contributed by atoms with E-state index in [1.807, 2.05) is 18.2 Å². The fraction of sp³-hybridized carbons (Fsp3) is 0.500. The lowest BCUT2D eigenvalue weighted by Crippen LogP contribution is -2.46. The highest BCUT2D eigenvalue weighted by molar-refractivity contribution is 6.01. The van der Waals surface area contributed by atoms with Crippen molar-refractivity contribution in [1.29, 1.82) is 0 Å². The molecule has 1 aliphatic heterocycles. The van der Waals surface area contributed by atoms with Crippen LogP contribution in [0.3, 0.4) is 0 Å². The van der Waals surface area contributed by atoms with Gasteiger partial charge >= 0.3 is 0 Å². The van der Waals surface area contributed by atoms with Crippen LogP contribution in [0.2, 0.25) is 0 Å². The van der Waals surface area contributed by atoms with E-state index in [-0.39, 0.29) is 11.7 Å². The molecule has 0 aromatic heterocycles. The van der Waals surface area contributed by atoms with E-state index in [1.54, 1.807) is 7.11 Å². The first-order valence-electron chi connectivity index (χ1n) is 6.06. The summed E-state index contributed by atoms with van der Waals surface area (Å²) < 4.78 is 5.28. The van der Waals surface area contributed by atoms with Gasteiger partial charge in [-0.1, -0.05) is 19.9 Å².